The van der Waals surface area contributed by atoms with Crippen LogP contribution in [0.2, 0.25) is 0 Å². The molecule has 5 nitrogen and oxygen atoms in total. The number of nitrogens with zero attached hydrogens (tertiary/aromatic N) is 1. The van der Waals surface area contributed by atoms with E-state index in [0.717, 1.165) is 24.0 Å². The van der Waals surface area contributed by atoms with Crippen molar-refractivity contribution in [1.82, 2.24) is 10.2 Å². The average Bonchev–Trinajstić information content (AvgIpc) is 3.12. The predicted octanol–water partition coefficient (Wildman–Crippen LogP) is 0.979. The zero-order chi connectivity index (χ0) is 13.4. The second-order valence-electron chi connectivity index (χ2n) is 5.19. The van der Waals surface area contributed by atoms with Crippen LogP contribution in [0.15, 0.2) is 18.2 Å². The van der Waals surface area contributed by atoms with Gasteiger partial charge in [-0.2, -0.15) is 0 Å². The van der Waals surface area contributed by atoms with E-state index in [9.17, 15) is 9.59 Å². The topological polar surface area (TPSA) is 69.6 Å². The number of nitrogens with one attached hydrogen (secondary N) is 1. The summed E-state index contributed by atoms with van der Waals surface area (Å²) in [6, 6.07) is 5.59. The van der Waals surface area contributed by atoms with E-state index < -0.39 is 5.97 Å². The van der Waals surface area contributed by atoms with E-state index in [1.165, 1.54) is 0 Å². The lowest BCUT2D eigenvalue weighted by molar-refractivity contribution is -0.130. The van der Waals surface area contributed by atoms with E-state index in [-0.39, 0.29) is 11.5 Å². The summed E-state index contributed by atoms with van der Waals surface area (Å²) in [5, 5.41) is 12.2. The van der Waals surface area contributed by atoms with Crippen LogP contribution >= 0.6 is 0 Å². The Labute approximate surface area is 111 Å². The molecular formula is C14H16N2O3. The van der Waals surface area contributed by atoms with Crippen molar-refractivity contribution in [3.05, 3.63) is 34.9 Å². The maximum Gasteiger partial charge on any atom is 0.335 e. The quantitative estimate of drug-likeness (QED) is 0.846. The Balaban J connectivity index is 1.65. The molecule has 1 aliphatic heterocycles. The van der Waals surface area contributed by atoms with Crippen LogP contribution in [-0.2, 0) is 17.9 Å². The molecule has 0 unspecified atom stereocenters. The Morgan fingerprint density at radius 2 is 2.00 bits per heavy atom. The van der Waals surface area contributed by atoms with E-state index in [1.807, 2.05) is 0 Å². The highest BCUT2D eigenvalue weighted by Crippen LogP contribution is 2.24. The van der Waals surface area contributed by atoms with Crippen LogP contribution < -0.4 is 5.32 Å². The fourth-order valence-electron chi connectivity index (χ4n) is 2.33. The number of carbonyl (C=O) groups is 2. The highest BCUT2D eigenvalue weighted by Gasteiger charge is 2.26. The molecule has 0 saturated heterocycles. The standard InChI is InChI=1S/C14H16N2O3/c17-13(6-15-12-3-4-12)16-7-10-2-1-9(14(18)19)5-11(10)8-16/h1-2,5,12,15H,3-4,6-8H2,(H,18,19). The van der Waals surface area contributed by atoms with Crippen LogP contribution in [0.5, 0.6) is 0 Å². The molecule has 1 aromatic carbocycles. The molecule has 0 bridgehead atoms. The van der Waals surface area contributed by atoms with Gasteiger partial charge in [0.25, 0.3) is 0 Å². The zero-order valence-corrected chi connectivity index (χ0v) is 10.6. The molecule has 0 spiro atoms. The van der Waals surface area contributed by atoms with Gasteiger partial charge in [-0.3, -0.25) is 4.79 Å². The highest BCUT2D eigenvalue weighted by atomic mass is 16.4. The number of aromatic carboxylic acids is 1. The van der Waals surface area contributed by atoms with E-state index >= 15 is 0 Å². The fourth-order valence-corrected chi connectivity index (χ4v) is 2.33. The van der Waals surface area contributed by atoms with Gasteiger partial charge in [-0.15, -0.1) is 0 Å². The smallest absolute Gasteiger partial charge is 0.335 e. The molecule has 1 amide bonds. The third-order valence-corrected chi connectivity index (χ3v) is 3.65. The summed E-state index contributed by atoms with van der Waals surface area (Å²) in [5.74, 6) is -0.844. The first-order valence-corrected chi connectivity index (χ1v) is 6.50. The van der Waals surface area contributed by atoms with Crippen LogP contribution in [-0.4, -0.2) is 34.5 Å². The Morgan fingerprint density at radius 3 is 2.68 bits per heavy atom. The van der Waals surface area contributed by atoms with Crippen molar-refractivity contribution in [2.24, 2.45) is 0 Å². The summed E-state index contributed by atoms with van der Waals surface area (Å²) in [6.07, 6.45) is 2.32. The molecule has 0 atom stereocenters. The number of carbonyl (C=O) groups excluding carboxylic acids is 1. The molecule has 0 aromatic heterocycles. The monoisotopic (exact) mass is 260 g/mol. The maximum atomic E-state index is 12.0. The SMILES string of the molecule is O=C(O)c1ccc2c(c1)CN(C(=O)CNC1CC1)C2. The third-order valence-electron chi connectivity index (χ3n) is 3.65. The summed E-state index contributed by atoms with van der Waals surface area (Å²) in [7, 11) is 0. The molecule has 5 heteroatoms. The number of hydrogen-bond acceptors (Lipinski definition) is 3. The minimum absolute atomic E-state index is 0.0833. The summed E-state index contributed by atoms with van der Waals surface area (Å²) in [4.78, 5) is 24.7. The van der Waals surface area contributed by atoms with Crippen LogP contribution in [0.4, 0.5) is 0 Å². The number of carboxylic acid groups (broad SMARTS) is 1. The lowest BCUT2D eigenvalue weighted by atomic mass is 10.1. The minimum Gasteiger partial charge on any atom is -0.478 e. The molecule has 1 aliphatic carbocycles. The first kappa shape index (κ1) is 12.2. The first-order valence-electron chi connectivity index (χ1n) is 6.50. The number of benzene rings is 1. The van der Waals surface area contributed by atoms with Crippen molar-refractivity contribution >= 4 is 11.9 Å². The van der Waals surface area contributed by atoms with Crippen molar-refractivity contribution in [2.45, 2.75) is 32.0 Å². The lowest BCUT2D eigenvalue weighted by Gasteiger charge is -2.15. The number of hydrogen-bond donors (Lipinski definition) is 2. The molecule has 0 radical (unpaired) electrons. The van der Waals surface area contributed by atoms with Gasteiger partial charge in [0.15, 0.2) is 0 Å². The fraction of sp³-hybridized carbons (Fsp3) is 0.429. The van der Waals surface area contributed by atoms with Crippen molar-refractivity contribution < 1.29 is 14.7 Å². The summed E-state index contributed by atoms with van der Waals surface area (Å²) >= 11 is 0. The van der Waals surface area contributed by atoms with E-state index in [1.54, 1.807) is 23.1 Å². The molecule has 1 saturated carbocycles. The van der Waals surface area contributed by atoms with E-state index in [2.05, 4.69) is 5.32 Å². The number of carboxylic acids is 1. The number of amides is 1. The van der Waals surface area contributed by atoms with Gasteiger partial charge in [0, 0.05) is 19.1 Å². The molecule has 100 valence electrons. The molecule has 19 heavy (non-hydrogen) atoms. The van der Waals surface area contributed by atoms with Gasteiger partial charge in [-0.05, 0) is 36.1 Å². The van der Waals surface area contributed by atoms with Crippen molar-refractivity contribution in [3.63, 3.8) is 0 Å². The van der Waals surface area contributed by atoms with Gasteiger partial charge in [0.2, 0.25) is 5.91 Å². The zero-order valence-electron chi connectivity index (χ0n) is 10.6. The average molecular weight is 260 g/mol. The molecule has 1 fully saturated rings. The Hall–Kier alpha value is -1.88. The molecule has 1 heterocycles. The Bertz CT molecular complexity index is 537. The van der Waals surface area contributed by atoms with E-state index in [0.29, 0.717) is 25.7 Å². The molecule has 3 rings (SSSR count). The van der Waals surface area contributed by atoms with Gasteiger partial charge < -0.3 is 15.3 Å². The van der Waals surface area contributed by atoms with Gasteiger partial charge in [-0.25, -0.2) is 4.79 Å². The summed E-state index contributed by atoms with van der Waals surface area (Å²) < 4.78 is 0. The largest absolute Gasteiger partial charge is 0.478 e. The van der Waals surface area contributed by atoms with Crippen molar-refractivity contribution in [2.75, 3.05) is 6.54 Å². The minimum atomic E-state index is -0.928. The van der Waals surface area contributed by atoms with Crippen LogP contribution in [0.1, 0.15) is 34.3 Å². The molecular weight excluding hydrogens is 244 g/mol. The Kier molecular flexibility index (Phi) is 2.98. The lowest BCUT2D eigenvalue weighted by Crippen LogP contribution is -2.35. The number of fused-ring (bicyclic) bond motifs is 1. The second kappa shape index (κ2) is 4.66. The summed E-state index contributed by atoms with van der Waals surface area (Å²) in [6.45, 7) is 1.48. The molecule has 2 N–H and O–H groups in total. The van der Waals surface area contributed by atoms with E-state index in [4.69, 9.17) is 5.11 Å². The van der Waals surface area contributed by atoms with Crippen LogP contribution in [0.25, 0.3) is 0 Å². The normalized spacial score (nSPS) is 17.4. The van der Waals surface area contributed by atoms with Crippen molar-refractivity contribution in [1.29, 1.82) is 0 Å². The predicted molar refractivity (Wildman–Crippen MR) is 68.7 cm³/mol. The molecule has 1 aromatic rings. The van der Waals surface area contributed by atoms with Crippen LogP contribution in [0.3, 0.4) is 0 Å². The van der Waals surface area contributed by atoms with Crippen LogP contribution in [0, 0.1) is 0 Å². The molecule has 2 aliphatic rings. The number of rotatable bonds is 4. The van der Waals surface area contributed by atoms with Gasteiger partial charge in [-0.1, -0.05) is 6.07 Å². The third kappa shape index (κ3) is 2.61. The highest BCUT2D eigenvalue weighted by molar-refractivity contribution is 5.88. The second-order valence-corrected chi connectivity index (χ2v) is 5.19. The maximum absolute atomic E-state index is 12.0. The van der Waals surface area contributed by atoms with Gasteiger partial charge in [0.05, 0.1) is 12.1 Å². The van der Waals surface area contributed by atoms with Gasteiger partial charge >= 0.3 is 5.97 Å². The van der Waals surface area contributed by atoms with Gasteiger partial charge in [0.1, 0.15) is 0 Å². The van der Waals surface area contributed by atoms with Crippen molar-refractivity contribution in [3.8, 4) is 0 Å². The Morgan fingerprint density at radius 1 is 1.26 bits per heavy atom. The first-order chi connectivity index (χ1) is 9.13. The summed E-state index contributed by atoms with van der Waals surface area (Å²) in [5.41, 5.74) is 2.27.